The molecule has 2 amide bonds. The topological polar surface area (TPSA) is 79.3 Å². The van der Waals surface area contributed by atoms with Gasteiger partial charge in [0.1, 0.15) is 0 Å². The van der Waals surface area contributed by atoms with E-state index in [0.717, 1.165) is 0 Å². The molecule has 34 heavy (non-hydrogen) atoms. The molecule has 2 heterocycles. The van der Waals surface area contributed by atoms with Gasteiger partial charge in [-0.25, -0.2) is 4.98 Å². The fourth-order valence-corrected chi connectivity index (χ4v) is 4.31. The number of carbonyl (C=O) groups is 2. The number of carbonyl (C=O) groups excluding carboxylic acids is 2. The van der Waals surface area contributed by atoms with Crippen LogP contribution in [-0.4, -0.2) is 45.9 Å². The lowest BCUT2D eigenvalue weighted by Crippen LogP contribution is -2.40. The molecule has 0 aliphatic carbocycles. The highest BCUT2D eigenvalue weighted by molar-refractivity contribution is 5.93. The van der Waals surface area contributed by atoms with Gasteiger partial charge in [0.25, 0.3) is 0 Å². The van der Waals surface area contributed by atoms with Crippen LogP contribution in [0.4, 0.5) is 24.5 Å². The summed E-state index contributed by atoms with van der Waals surface area (Å²) < 4.78 is 41.9. The van der Waals surface area contributed by atoms with E-state index in [0.29, 0.717) is 48.3 Å². The summed E-state index contributed by atoms with van der Waals surface area (Å²) in [7, 11) is 0. The summed E-state index contributed by atoms with van der Waals surface area (Å²) in [4.78, 5) is 29.3. The van der Waals surface area contributed by atoms with Crippen molar-refractivity contribution in [3.8, 4) is 0 Å². The van der Waals surface area contributed by atoms with Crippen LogP contribution in [0.3, 0.4) is 0 Å². The maximum atomic E-state index is 13.5. The van der Waals surface area contributed by atoms with E-state index in [1.807, 2.05) is 4.90 Å². The molecule has 0 bridgehead atoms. The van der Waals surface area contributed by atoms with E-state index in [2.05, 4.69) is 15.6 Å². The van der Waals surface area contributed by atoms with Crippen LogP contribution in [0.15, 0.2) is 48.5 Å². The number of hydrogen-bond donors (Lipinski definition) is 2. The minimum absolute atomic E-state index is 0.0688. The zero-order chi connectivity index (χ0) is 24.3. The molecule has 10 heteroatoms. The molecule has 1 fully saturated rings. The minimum atomic E-state index is -4.52. The predicted molar refractivity (Wildman–Crippen MR) is 123 cm³/mol. The third kappa shape index (κ3) is 5.74. The first kappa shape index (κ1) is 23.7. The van der Waals surface area contributed by atoms with Gasteiger partial charge in [0, 0.05) is 24.8 Å². The van der Waals surface area contributed by atoms with Crippen LogP contribution < -0.4 is 10.6 Å². The average Bonchev–Trinajstić information content (AvgIpc) is 3.15. The number of rotatable bonds is 6. The Morgan fingerprint density at radius 2 is 1.62 bits per heavy atom. The number of halogens is 3. The number of benzene rings is 2. The second-order valence-electron chi connectivity index (χ2n) is 8.56. The van der Waals surface area contributed by atoms with Crippen molar-refractivity contribution in [3.05, 3.63) is 54.4 Å². The summed E-state index contributed by atoms with van der Waals surface area (Å²) in [5.74, 6) is -1.12. The van der Waals surface area contributed by atoms with Gasteiger partial charge in [-0.2, -0.15) is 13.2 Å². The minimum Gasteiger partial charge on any atom is -0.326 e. The van der Waals surface area contributed by atoms with Gasteiger partial charge in [-0.1, -0.05) is 12.1 Å². The molecule has 2 N–H and O–H groups in total. The highest BCUT2D eigenvalue weighted by atomic mass is 19.4. The number of nitrogens with zero attached hydrogens (tertiary/aromatic N) is 3. The Morgan fingerprint density at radius 3 is 2.24 bits per heavy atom. The van der Waals surface area contributed by atoms with E-state index < -0.39 is 12.0 Å². The molecule has 0 spiro atoms. The number of para-hydroxylation sites is 2. The number of anilines is 2. The third-order valence-electron chi connectivity index (χ3n) is 5.91. The van der Waals surface area contributed by atoms with Crippen LogP contribution in [0.2, 0.25) is 0 Å². The van der Waals surface area contributed by atoms with Crippen LogP contribution in [0.25, 0.3) is 11.0 Å². The molecule has 3 aromatic rings. The molecule has 0 saturated carbocycles. The Bertz CT molecular complexity index is 1170. The normalized spacial score (nSPS) is 15.4. The van der Waals surface area contributed by atoms with E-state index in [4.69, 9.17) is 0 Å². The zero-order valence-corrected chi connectivity index (χ0v) is 18.7. The molecule has 180 valence electrons. The van der Waals surface area contributed by atoms with Gasteiger partial charge in [-0.15, -0.1) is 0 Å². The van der Waals surface area contributed by atoms with Gasteiger partial charge in [0.15, 0.2) is 0 Å². The van der Waals surface area contributed by atoms with Gasteiger partial charge < -0.3 is 15.2 Å². The number of nitrogens with one attached hydrogen (secondary N) is 2. The lowest BCUT2D eigenvalue weighted by molar-refractivity contribution is -0.147. The van der Waals surface area contributed by atoms with Crippen LogP contribution in [-0.2, 0) is 22.3 Å². The largest absolute Gasteiger partial charge is 0.449 e. The second kappa shape index (κ2) is 9.84. The molecule has 1 saturated heterocycles. The molecule has 0 atom stereocenters. The summed E-state index contributed by atoms with van der Waals surface area (Å²) in [6, 6.07) is 13.5. The Balaban J connectivity index is 1.31. The quantitative estimate of drug-likeness (QED) is 0.558. The zero-order valence-electron chi connectivity index (χ0n) is 18.7. The maximum Gasteiger partial charge on any atom is 0.449 e. The third-order valence-corrected chi connectivity index (χ3v) is 5.91. The van der Waals surface area contributed by atoms with Crippen molar-refractivity contribution in [1.29, 1.82) is 0 Å². The molecular formula is C24H26F3N5O2. The lowest BCUT2D eigenvalue weighted by atomic mass is 9.96. The van der Waals surface area contributed by atoms with Crippen LogP contribution in [0, 0.1) is 5.92 Å². The Morgan fingerprint density at radius 1 is 1.00 bits per heavy atom. The first-order valence-corrected chi connectivity index (χ1v) is 11.1. The summed E-state index contributed by atoms with van der Waals surface area (Å²) in [5.41, 5.74) is 2.10. The fourth-order valence-electron chi connectivity index (χ4n) is 4.31. The molecule has 1 aromatic heterocycles. The standard InChI is InChI=1S/C24H26F3N5O2/c1-16(33)28-18-6-8-19(9-7-18)29-22(34)15-31-12-10-17(11-13-31)14-32-21-5-3-2-4-20(21)30-23(32)24(25,26)27/h2-9,17H,10-15H2,1H3,(H,28,33)(H,29,34). The number of imidazole rings is 1. The number of amides is 2. The van der Waals surface area contributed by atoms with Crippen molar-refractivity contribution in [1.82, 2.24) is 14.5 Å². The highest BCUT2D eigenvalue weighted by Crippen LogP contribution is 2.33. The Kier molecular flexibility index (Phi) is 6.87. The van der Waals surface area contributed by atoms with Gasteiger partial charge in [-0.3, -0.25) is 14.5 Å². The first-order chi connectivity index (χ1) is 16.2. The van der Waals surface area contributed by atoms with Crippen LogP contribution in [0.5, 0.6) is 0 Å². The van der Waals surface area contributed by atoms with Crippen molar-refractivity contribution in [3.63, 3.8) is 0 Å². The number of piperidine rings is 1. The lowest BCUT2D eigenvalue weighted by Gasteiger charge is -2.32. The average molecular weight is 473 g/mol. The maximum absolute atomic E-state index is 13.5. The number of hydrogen-bond acceptors (Lipinski definition) is 4. The number of fused-ring (bicyclic) bond motifs is 1. The first-order valence-electron chi connectivity index (χ1n) is 11.1. The van der Waals surface area contributed by atoms with Gasteiger partial charge in [0.2, 0.25) is 17.6 Å². The fraction of sp³-hybridized carbons (Fsp3) is 0.375. The molecule has 2 aromatic carbocycles. The molecule has 1 aliphatic rings. The molecule has 7 nitrogen and oxygen atoms in total. The van der Waals surface area contributed by atoms with Crippen molar-refractivity contribution in [2.24, 2.45) is 5.92 Å². The molecule has 1 aliphatic heterocycles. The SMILES string of the molecule is CC(=O)Nc1ccc(NC(=O)CN2CCC(Cn3c(C(F)(F)F)nc4ccccc43)CC2)cc1. The molecule has 0 unspecified atom stereocenters. The van der Waals surface area contributed by atoms with Gasteiger partial charge in [-0.05, 0) is 68.2 Å². The van der Waals surface area contributed by atoms with Crippen LogP contribution in [0.1, 0.15) is 25.6 Å². The molecule has 4 rings (SSSR count). The number of alkyl halides is 3. The predicted octanol–water partition coefficient (Wildman–Crippen LogP) is 4.36. The van der Waals surface area contributed by atoms with E-state index >= 15 is 0 Å². The number of aromatic nitrogens is 2. The van der Waals surface area contributed by atoms with E-state index in [-0.39, 0.29) is 30.8 Å². The smallest absolute Gasteiger partial charge is 0.326 e. The Labute approximate surface area is 194 Å². The summed E-state index contributed by atoms with van der Waals surface area (Å²) in [6.07, 6.45) is -3.12. The molecule has 0 radical (unpaired) electrons. The molecular weight excluding hydrogens is 447 g/mol. The van der Waals surface area contributed by atoms with Crippen molar-refractivity contribution < 1.29 is 22.8 Å². The summed E-state index contributed by atoms with van der Waals surface area (Å²) >= 11 is 0. The number of likely N-dealkylation sites (tertiary alicyclic amines) is 1. The summed E-state index contributed by atoms with van der Waals surface area (Å²) in [5, 5.41) is 5.50. The highest BCUT2D eigenvalue weighted by Gasteiger charge is 2.38. The van der Waals surface area contributed by atoms with E-state index in [1.54, 1.807) is 48.5 Å². The Hall–Kier alpha value is -3.40. The van der Waals surface area contributed by atoms with Gasteiger partial charge >= 0.3 is 6.18 Å². The van der Waals surface area contributed by atoms with Crippen molar-refractivity contribution in [2.45, 2.75) is 32.5 Å². The monoisotopic (exact) mass is 473 g/mol. The van der Waals surface area contributed by atoms with Gasteiger partial charge in [0.05, 0.1) is 17.6 Å². The van der Waals surface area contributed by atoms with Crippen LogP contribution >= 0.6 is 0 Å². The van der Waals surface area contributed by atoms with E-state index in [1.165, 1.54) is 11.5 Å². The van der Waals surface area contributed by atoms with E-state index in [9.17, 15) is 22.8 Å². The summed E-state index contributed by atoms with van der Waals surface area (Å²) in [6.45, 7) is 3.14. The van der Waals surface area contributed by atoms with Crippen molar-refractivity contribution >= 4 is 34.2 Å². The van der Waals surface area contributed by atoms with Crippen molar-refractivity contribution in [2.75, 3.05) is 30.3 Å². The second-order valence-corrected chi connectivity index (χ2v) is 8.56.